The highest BCUT2D eigenvalue weighted by molar-refractivity contribution is 7.81. The van der Waals surface area contributed by atoms with E-state index in [1.165, 1.54) is 0 Å². The molecule has 4 aliphatic rings. The molecule has 0 radical (unpaired) electrons. The first-order valence-electron chi connectivity index (χ1n) is 15.9. The molecule has 4 saturated carbocycles. The summed E-state index contributed by atoms with van der Waals surface area (Å²) in [6, 6.07) is 0. The second-order valence-corrected chi connectivity index (χ2v) is 19.2. The zero-order valence-corrected chi connectivity index (χ0v) is 29.6. The third-order valence-corrected chi connectivity index (χ3v) is 14.1. The fourth-order valence-electron chi connectivity index (χ4n) is 10.2. The molecule has 4 aliphatic carbocycles. The van der Waals surface area contributed by atoms with E-state index in [0.29, 0.717) is 24.7 Å². The normalized spacial score (nSPS) is 42.3. The lowest BCUT2D eigenvalue weighted by molar-refractivity contribution is -0.191. The van der Waals surface area contributed by atoms with Crippen LogP contribution in [0.4, 0.5) is 0 Å². The maximum absolute atomic E-state index is 12.1. The Bertz CT molecular complexity index is 1410. The molecule has 0 aromatic carbocycles. The van der Waals surface area contributed by atoms with Crippen LogP contribution in [-0.2, 0) is 43.7 Å². The molecule has 13 atom stereocenters. The van der Waals surface area contributed by atoms with Gasteiger partial charge in [-0.25, -0.2) is 12.5 Å². The van der Waals surface area contributed by atoms with Gasteiger partial charge in [0.1, 0.15) is 12.2 Å². The number of aliphatic hydroxyl groups excluding tert-OH is 1. The van der Waals surface area contributed by atoms with Crippen molar-refractivity contribution in [3.05, 3.63) is 0 Å². The van der Waals surface area contributed by atoms with Crippen molar-refractivity contribution < 1.29 is 56.6 Å². The first-order chi connectivity index (χ1) is 20.3. The minimum atomic E-state index is -5.10. The van der Waals surface area contributed by atoms with Gasteiger partial charge >= 0.3 is 31.2 Å². The van der Waals surface area contributed by atoms with E-state index in [4.69, 9.17) is 12.5 Å². The molecule has 0 amide bonds. The maximum atomic E-state index is 12.1. The summed E-state index contributed by atoms with van der Waals surface area (Å²) < 4.78 is 115. The Balaban J connectivity index is 1.70. The predicted molar refractivity (Wildman–Crippen MR) is 164 cm³/mol. The monoisotopic (exact) mass is 704 g/mol. The van der Waals surface area contributed by atoms with E-state index in [-0.39, 0.29) is 53.8 Å². The largest absolute Gasteiger partial charge is 0.397 e. The molecule has 13 nitrogen and oxygen atoms in total. The summed E-state index contributed by atoms with van der Waals surface area (Å²) in [5.74, 6) is -0.419. The number of fused-ring (bicyclic) bond motifs is 5. The molecule has 0 saturated heterocycles. The molecule has 4 rings (SSSR count). The van der Waals surface area contributed by atoms with Gasteiger partial charge in [-0.2, -0.15) is 25.3 Å². The lowest BCUT2D eigenvalue weighted by atomic mass is 9.43. The number of aliphatic hydroxyl groups is 1. The summed E-state index contributed by atoms with van der Waals surface area (Å²) in [7, 11) is -15.2. The Hall–Kier alpha value is -0.430. The third kappa shape index (κ3) is 8.07. The van der Waals surface area contributed by atoms with E-state index in [1.807, 2.05) is 6.92 Å². The van der Waals surface area contributed by atoms with Gasteiger partial charge in [0, 0.05) is 0 Å². The third-order valence-electron chi connectivity index (χ3n) is 12.6. The summed E-state index contributed by atoms with van der Waals surface area (Å²) in [5.41, 5.74) is -1.04. The van der Waals surface area contributed by atoms with Crippen LogP contribution < -0.4 is 0 Å². The Morgan fingerprint density at radius 3 is 1.82 bits per heavy atom. The molecule has 0 unspecified atom stereocenters. The lowest BCUT2D eigenvalue weighted by Gasteiger charge is -2.63. The summed E-state index contributed by atoms with van der Waals surface area (Å²) in [6.07, 6.45) is -1.24. The highest BCUT2D eigenvalue weighted by Gasteiger charge is 2.66. The average Bonchev–Trinajstić information content (AvgIpc) is 3.10. The number of rotatable bonds is 10. The fourth-order valence-corrected chi connectivity index (χ4v) is 11.7. The molecule has 0 aromatic heterocycles. The molecule has 45 heavy (non-hydrogen) atoms. The Labute approximate surface area is 269 Å². The standard InChI is InChI=1S/C29H52O13S3/c1-16(8-9-17(2)27(3,4)5)20-13-22(30)26-18-12-23(40-43(31,32)33)21-14-24(41-44(34,35)36)25(42-45(37,38)39)15-29(21,7)19(18)10-11-28(20,26)6/h16-26,30H,8-15H2,1-7H3,(H,31,32,33)(H,34,35,36)(H,37,38,39)/t16-,17+,18-,19+,20-,21+,22+,23+,24+,25+,26-,28-,29-/m1/s1. The van der Waals surface area contributed by atoms with Gasteiger partial charge in [0.15, 0.2) is 0 Å². The second kappa shape index (κ2) is 12.5. The summed E-state index contributed by atoms with van der Waals surface area (Å²) in [6.45, 7) is 15.2. The highest BCUT2D eigenvalue weighted by atomic mass is 32.3. The molecule has 0 heterocycles. The van der Waals surface area contributed by atoms with Crippen LogP contribution in [0, 0.1) is 57.7 Å². The van der Waals surface area contributed by atoms with Crippen LogP contribution in [0.15, 0.2) is 0 Å². The SMILES string of the molecule is C[C@H](CC[C@H](C)C(C)(C)C)[C@H]1C[C@H](O)[C@H]2[C@@H]3C[C@H](OS(=O)(=O)O)[C@@H]4C[C@H](OS(=O)(=O)O)[C@@H](OS(=O)(=O)O)C[C@]4(C)[C@H]3CC[C@@]21C. The van der Waals surface area contributed by atoms with Gasteiger partial charge in [-0.1, -0.05) is 54.9 Å². The van der Waals surface area contributed by atoms with E-state index in [0.717, 1.165) is 19.3 Å². The smallest absolute Gasteiger partial charge is 0.393 e. The van der Waals surface area contributed by atoms with Crippen LogP contribution in [0.2, 0.25) is 0 Å². The minimum Gasteiger partial charge on any atom is -0.393 e. The molecule has 264 valence electrons. The van der Waals surface area contributed by atoms with Gasteiger partial charge < -0.3 is 5.11 Å². The molecule has 0 bridgehead atoms. The van der Waals surface area contributed by atoms with Gasteiger partial charge in [0.25, 0.3) is 0 Å². The van der Waals surface area contributed by atoms with Crippen molar-refractivity contribution in [2.45, 2.75) is 124 Å². The minimum absolute atomic E-state index is 0.145. The van der Waals surface area contributed by atoms with Crippen molar-refractivity contribution in [1.82, 2.24) is 0 Å². The molecule has 0 aliphatic heterocycles. The van der Waals surface area contributed by atoms with Crippen LogP contribution in [0.1, 0.15) is 99.8 Å². The van der Waals surface area contributed by atoms with Crippen LogP contribution in [-0.4, -0.2) is 68.4 Å². The van der Waals surface area contributed by atoms with Gasteiger partial charge in [-0.3, -0.25) is 13.7 Å². The van der Waals surface area contributed by atoms with E-state index in [2.05, 4.69) is 41.5 Å². The van der Waals surface area contributed by atoms with E-state index in [1.54, 1.807) is 0 Å². The summed E-state index contributed by atoms with van der Waals surface area (Å²) in [5, 5.41) is 11.7. The first kappa shape index (κ1) is 37.4. The van der Waals surface area contributed by atoms with Gasteiger partial charge in [-0.05, 0) is 103 Å². The summed E-state index contributed by atoms with van der Waals surface area (Å²) in [4.78, 5) is 0. The Kier molecular flexibility index (Phi) is 10.4. The first-order valence-corrected chi connectivity index (χ1v) is 20.0. The number of hydrogen-bond acceptors (Lipinski definition) is 10. The lowest BCUT2D eigenvalue weighted by Crippen LogP contribution is -2.62. The van der Waals surface area contributed by atoms with E-state index in [9.17, 15) is 44.0 Å². The van der Waals surface area contributed by atoms with Crippen molar-refractivity contribution in [2.24, 2.45) is 57.7 Å². The van der Waals surface area contributed by atoms with Crippen molar-refractivity contribution in [2.75, 3.05) is 0 Å². The fraction of sp³-hybridized carbons (Fsp3) is 1.00. The molecular weight excluding hydrogens is 653 g/mol. The molecular formula is C29H52O13S3. The average molecular weight is 705 g/mol. The molecule has 4 fully saturated rings. The quantitative estimate of drug-likeness (QED) is 0.231. The molecule has 0 spiro atoms. The predicted octanol–water partition coefficient (Wildman–Crippen LogP) is 4.50. The Morgan fingerprint density at radius 1 is 0.756 bits per heavy atom. The number of hydrogen-bond donors (Lipinski definition) is 4. The van der Waals surface area contributed by atoms with Crippen LogP contribution in [0.25, 0.3) is 0 Å². The van der Waals surface area contributed by atoms with Crippen molar-refractivity contribution in [3.63, 3.8) is 0 Å². The highest BCUT2D eigenvalue weighted by Crippen LogP contribution is 2.69. The Morgan fingerprint density at radius 2 is 1.29 bits per heavy atom. The molecule has 16 heteroatoms. The second-order valence-electron chi connectivity index (χ2n) is 16.0. The zero-order valence-electron chi connectivity index (χ0n) is 27.2. The van der Waals surface area contributed by atoms with Gasteiger partial charge in [-0.15, -0.1) is 0 Å². The maximum Gasteiger partial charge on any atom is 0.397 e. The molecule has 0 aromatic rings. The summed E-state index contributed by atoms with van der Waals surface area (Å²) >= 11 is 0. The van der Waals surface area contributed by atoms with Gasteiger partial charge in [0.2, 0.25) is 0 Å². The topological polar surface area (TPSA) is 211 Å². The van der Waals surface area contributed by atoms with Crippen LogP contribution in [0.5, 0.6) is 0 Å². The van der Waals surface area contributed by atoms with Gasteiger partial charge in [0.05, 0.1) is 12.2 Å². The van der Waals surface area contributed by atoms with Crippen molar-refractivity contribution >= 4 is 31.2 Å². The van der Waals surface area contributed by atoms with Crippen LogP contribution >= 0.6 is 0 Å². The van der Waals surface area contributed by atoms with E-state index >= 15 is 0 Å². The van der Waals surface area contributed by atoms with E-state index < -0.39 is 66.9 Å². The van der Waals surface area contributed by atoms with Crippen molar-refractivity contribution in [1.29, 1.82) is 0 Å². The molecule has 4 N–H and O–H groups in total. The zero-order chi connectivity index (χ0) is 34.1. The van der Waals surface area contributed by atoms with Crippen molar-refractivity contribution in [3.8, 4) is 0 Å². The van der Waals surface area contributed by atoms with Crippen LogP contribution in [0.3, 0.4) is 0 Å².